The molecule has 0 fully saturated rings. The van der Waals surface area contributed by atoms with Crippen LogP contribution < -0.4 is 10.2 Å². The van der Waals surface area contributed by atoms with E-state index in [1.165, 1.54) is 18.2 Å². The molecule has 13 heteroatoms. The molecule has 0 radical (unpaired) electrons. The van der Waals surface area contributed by atoms with Gasteiger partial charge in [0.15, 0.2) is 11.6 Å². The van der Waals surface area contributed by atoms with E-state index >= 15 is 0 Å². The topological polar surface area (TPSA) is 79.7 Å². The molecule has 0 bridgehead atoms. The van der Waals surface area contributed by atoms with Crippen LogP contribution in [0, 0.1) is 0 Å². The Morgan fingerprint density at radius 2 is 1.54 bits per heavy atom. The lowest BCUT2D eigenvalue weighted by Gasteiger charge is -2.14. The fourth-order valence-corrected chi connectivity index (χ4v) is 3.98. The Morgan fingerprint density at radius 3 is 2.30 bits per heavy atom. The van der Waals surface area contributed by atoms with Gasteiger partial charge in [-0.25, -0.2) is 9.97 Å². The number of hydrogen-bond donors (Lipinski definition) is 1. The first kappa shape index (κ1) is 24.4. The Kier molecular flexibility index (Phi) is 5.92. The number of likely N-dealkylation sites (N-methyl/N-ethyl adjacent to an activating group) is 1. The number of hydrogen-bond acceptors (Lipinski definition) is 7. The van der Waals surface area contributed by atoms with Gasteiger partial charge in [0, 0.05) is 36.7 Å². The minimum absolute atomic E-state index is 0.0135. The summed E-state index contributed by atoms with van der Waals surface area (Å²) in [7, 11) is 1.93. The number of fused-ring (bicyclic) bond motifs is 1. The third kappa shape index (κ3) is 5.01. The van der Waals surface area contributed by atoms with E-state index in [1.807, 2.05) is 18.0 Å². The van der Waals surface area contributed by atoms with E-state index in [0.29, 0.717) is 12.0 Å². The molecular formula is C24H17F6N7. The van der Waals surface area contributed by atoms with Crippen molar-refractivity contribution in [2.24, 2.45) is 0 Å². The van der Waals surface area contributed by atoms with Gasteiger partial charge < -0.3 is 10.2 Å². The van der Waals surface area contributed by atoms with Gasteiger partial charge >= 0.3 is 12.4 Å². The van der Waals surface area contributed by atoms with E-state index < -0.39 is 23.7 Å². The third-order valence-corrected chi connectivity index (χ3v) is 5.71. The second kappa shape index (κ2) is 8.98. The third-order valence-electron chi connectivity index (χ3n) is 5.71. The summed E-state index contributed by atoms with van der Waals surface area (Å²) in [6, 6.07) is 10.9. The minimum Gasteiger partial charge on any atom is -0.374 e. The SMILES string of the molecule is CN1CCc2c(-c3nc(Nc4ccnc(C(F)(F)F)c4)nc(-c4cccc(C(F)(F)F)n4)n3)cccc21. The molecule has 0 aliphatic carbocycles. The van der Waals surface area contributed by atoms with Crippen LogP contribution >= 0.6 is 0 Å². The van der Waals surface area contributed by atoms with Gasteiger partial charge in [-0.15, -0.1) is 0 Å². The fraction of sp³-hybridized carbons (Fsp3) is 0.208. The predicted molar refractivity (Wildman–Crippen MR) is 123 cm³/mol. The van der Waals surface area contributed by atoms with Gasteiger partial charge in [-0.1, -0.05) is 18.2 Å². The highest BCUT2D eigenvalue weighted by Gasteiger charge is 2.33. The van der Waals surface area contributed by atoms with Crippen molar-refractivity contribution < 1.29 is 26.3 Å². The molecular weight excluding hydrogens is 500 g/mol. The highest BCUT2D eigenvalue weighted by atomic mass is 19.4. The van der Waals surface area contributed by atoms with Crippen LogP contribution in [-0.4, -0.2) is 38.5 Å². The van der Waals surface area contributed by atoms with Gasteiger partial charge in [-0.2, -0.15) is 36.3 Å². The Labute approximate surface area is 206 Å². The number of halogens is 6. The summed E-state index contributed by atoms with van der Waals surface area (Å²) in [5.41, 5.74) is 0.0789. The first-order chi connectivity index (χ1) is 17.5. The zero-order chi connectivity index (χ0) is 26.4. The molecule has 0 unspecified atom stereocenters. The zero-order valence-electron chi connectivity index (χ0n) is 19.1. The molecule has 190 valence electrons. The van der Waals surface area contributed by atoms with E-state index in [-0.39, 0.29) is 29.0 Å². The Balaban J connectivity index is 1.64. The van der Waals surface area contributed by atoms with Crippen molar-refractivity contribution in [1.29, 1.82) is 0 Å². The van der Waals surface area contributed by atoms with Gasteiger partial charge in [0.1, 0.15) is 17.1 Å². The Bertz CT molecular complexity index is 1470. The summed E-state index contributed by atoms with van der Waals surface area (Å²) in [5.74, 6) is -0.195. The molecule has 4 heterocycles. The first-order valence-electron chi connectivity index (χ1n) is 10.9. The largest absolute Gasteiger partial charge is 0.433 e. The Hall–Kier alpha value is -4.29. The van der Waals surface area contributed by atoms with Crippen LogP contribution in [-0.2, 0) is 18.8 Å². The summed E-state index contributed by atoms with van der Waals surface area (Å²) in [6.45, 7) is 0.752. The van der Waals surface area contributed by atoms with Gasteiger partial charge in [0.25, 0.3) is 0 Å². The lowest BCUT2D eigenvalue weighted by molar-refractivity contribution is -0.141. The lowest BCUT2D eigenvalue weighted by atomic mass is 10.0. The summed E-state index contributed by atoms with van der Waals surface area (Å²) in [5, 5.41) is 2.70. The normalized spacial score (nSPS) is 13.5. The van der Waals surface area contributed by atoms with Crippen LogP contribution in [0.1, 0.15) is 17.0 Å². The number of nitrogens with zero attached hydrogens (tertiary/aromatic N) is 6. The van der Waals surface area contributed by atoms with Gasteiger partial charge in [-0.3, -0.25) is 4.98 Å². The molecule has 1 aliphatic rings. The van der Waals surface area contributed by atoms with E-state index in [2.05, 4.69) is 30.2 Å². The van der Waals surface area contributed by atoms with Crippen LogP contribution in [0.25, 0.3) is 22.9 Å². The second-order valence-electron chi connectivity index (χ2n) is 8.24. The standard InChI is InChI=1S/C24H17F6N7/c1-37-11-9-14-15(4-2-6-17(14)37)20-34-21(16-5-3-7-18(33-16)23(25,26)27)36-22(35-20)32-13-8-10-31-19(12-13)24(28,29)30/h2-8,10,12H,9,11H2,1H3,(H,31,32,34,35,36). The molecule has 4 aromatic rings. The molecule has 1 N–H and O–H groups in total. The molecule has 3 aromatic heterocycles. The van der Waals surface area contributed by atoms with Crippen molar-refractivity contribution in [2.75, 3.05) is 23.8 Å². The van der Waals surface area contributed by atoms with Gasteiger partial charge in [0.2, 0.25) is 5.95 Å². The van der Waals surface area contributed by atoms with Crippen LogP contribution in [0.4, 0.5) is 43.7 Å². The molecule has 0 amide bonds. The number of aromatic nitrogens is 5. The quantitative estimate of drug-likeness (QED) is 0.345. The minimum atomic E-state index is -4.69. The number of benzene rings is 1. The zero-order valence-corrected chi connectivity index (χ0v) is 19.1. The monoisotopic (exact) mass is 517 g/mol. The Morgan fingerprint density at radius 1 is 0.811 bits per heavy atom. The highest BCUT2D eigenvalue weighted by Crippen LogP contribution is 2.36. The lowest BCUT2D eigenvalue weighted by Crippen LogP contribution is -2.12. The number of alkyl halides is 6. The van der Waals surface area contributed by atoms with Crippen molar-refractivity contribution in [3.05, 3.63) is 71.7 Å². The molecule has 0 spiro atoms. The van der Waals surface area contributed by atoms with E-state index in [1.54, 1.807) is 12.1 Å². The van der Waals surface area contributed by atoms with Crippen LogP contribution in [0.5, 0.6) is 0 Å². The van der Waals surface area contributed by atoms with Crippen molar-refractivity contribution in [3.63, 3.8) is 0 Å². The summed E-state index contributed by atoms with van der Waals surface area (Å²) < 4.78 is 79.3. The molecule has 0 atom stereocenters. The molecule has 7 nitrogen and oxygen atoms in total. The maximum absolute atomic E-state index is 13.3. The van der Waals surface area contributed by atoms with Crippen molar-refractivity contribution in [1.82, 2.24) is 24.9 Å². The average Bonchev–Trinajstić information content (AvgIpc) is 3.24. The maximum Gasteiger partial charge on any atom is 0.433 e. The number of rotatable bonds is 4. The molecule has 1 aromatic carbocycles. The van der Waals surface area contributed by atoms with Crippen LogP contribution in [0.15, 0.2) is 54.7 Å². The second-order valence-corrected chi connectivity index (χ2v) is 8.24. The maximum atomic E-state index is 13.3. The summed E-state index contributed by atoms with van der Waals surface area (Å²) in [6.07, 6.45) is -7.70. The van der Waals surface area contributed by atoms with Crippen molar-refractivity contribution >= 4 is 17.3 Å². The van der Waals surface area contributed by atoms with Crippen LogP contribution in [0.2, 0.25) is 0 Å². The molecule has 0 saturated heterocycles. The first-order valence-corrected chi connectivity index (χ1v) is 10.9. The molecule has 0 saturated carbocycles. The van der Waals surface area contributed by atoms with Gasteiger partial charge in [0.05, 0.1) is 0 Å². The predicted octanol–water partition coefficient (Wildman–Crippen LogP) is 5.77. The van der Waals surface area contributed by atoms with E-state index in [4.69, 9.17) is 0 Å². The average molecular weight is 517 g/mol. The van der Waals surface area contributed by atoms with Crippen LogP contribution in [0.3, 0.4) is 0 Å². The smallest absolute Gasteiger partial charge is 0.374 e. The van der Waals surface area contributed by atoms with E-state index in [9.17, 15) is 26.3 Å². The number of nitrogens with one attached hydrogen (secondary N) is 1. The summed E-state index contributed by atoms with van der Waals surface area (Å²) >= 11 is 0. The van der Waals surface area contributed by atoms with Crippen molar-refractivity contribution in [2.45, 2.75) is 18.8 Å². The van der Waals surface area contributed by atoms with Gasteiger partial charge in [-0.05, 0) is 42.3 Å². The fourth-order valence-electron chi connectivity index (χ4n) is 3.98. The molecule has 37 heavy (non-hydrogen) atoms. The molecule has 5 rings (SSSR count). The highest BCUT2D eigenvalue weighted by molar-refractivity contribution is 5.74. The van der Waals surface area contributed by atoms with E-state index in [0.717, 1.165) is 36.1 Å². The summed E-state index contributed by atoms with van der Waals surface area (Å²) in [4.78, 5) is 22.0. The number of anilines is 3. The number of pyridine rings is 2. The molecule has 1 aliphatic heterocycles. The van der Waals surface area contributed by atoms with Crippen molar-refractivity contribution in [3.8, 4) is 22.9 Å².